The van der Waals surface area contributed by atoms with Gasteiger partial charge in [0.1, 0.15) is 0 Å². The van der Waals surface area contributed by atoms with Gasteiger partial charge in [-0.1, -0.05) is 32.6 Å². The van der Waals surface area contributed by atoms with E-state index in [0.717, 1.165) is 5.92 Å². The molecule has 38 valence electrons. The second-order valence-corrected chi connectivity index (χ2v) is 2.39. The minimum absolute atomic E-state index is 0. The van der Waals surface area contributed by atoms with Crippen molar-refractivity contribution in [1.82, 2.24) is 0 Å². The molecule has 0 aromatic carbocycles. The fraction of sp³-hybridized carbons (Fsp3) is 1.00. The minimum atomic E-state index is 0. The molecular weight excluding hydrogens is 72.1 g/mol. The molecule has 0 N–H and O–H groups in total. The number of rotatable bonds is 0. The van der Waals surface area contributed by atoms with Gasteiger partial charge in [-0.2, -0.15) is 0 Å². The zero-order chi connectivity index (χ0) is 4.41. The summed E-state index contributed by atoms with van der Waals surface area (Å²) < 4.78 is 0. The Hall–Kier alpha value is 0. The van der Waals surface area contributed by atoms with Gasteiger partial charge in [-0.25, -0.2) is 0 Å². The topological polar surface area (TPSA) is 0 Å². The summed E-state index contributed by atoms with van der Waals surface area (Å²) in [6.07, 6.45) is 5.95. The van der Waals surface area contributed by atoms with Crippen LogP contribution < -0.4 is 0 Å². The van der Waals surface area contributed by atoms with Gasteiger partial charge in [-0.3, -0.25) is 0 Å². The monoisotopic (exact) mass is 87.1 g/mol. The van der Waals surface area contributed by atoms with Crippen molar-refractivity contribution < 1.29 is 1.43 Å². The van der Waals surface area contributed by atoms with Gasteiger partial charge >= 0.3 is 0 Å². The predicted octanol–water partition coefficient (Wildman–Crippen LogP) is 2.44. The lowest BCUT2D eigenvalue weighted by atomic mass is 10.2. The molecule has 0 amide bonds. The van der Waals surface area contributed by atoms with Gasteiger partial charge in [0, 0.05) is 1.43 Å². The molecule has 0 aromatic heterocycles. The minimum Gasteiger partial charge on any atom is -0.0625 e. The molecule has 1 fully saturated rings. The highest BCUT2D eigenvalue weighted by atomic mass is 14.1. The third kappa shape index (κ3) is 0.735. The van der Waals surface area contributed by atoms with Crippen molar-refractivity contribution in [3.05, 3.63) is 0 Å². The van der Waals surface area contributed by atoms with Crippen LogP contribution in [0.5, 0.6) is 0 Å². The zero-order valence-corrected chi connectivity index (χ0v) is 4.41. The Kier molecular flexibility index (Phi) is 1.13. The third-order valence-corrected chi connectivity index (χ3v) is 1.64. The Labute approximate surface area is 41.0 Å². The van der Waals surface area contributed by atoms with Crippen molar-refractivity contribution in [2.75, 3.05) is 0 Å². The maximum absolute atomic E-state index is 2.34. The standard InChI is InChI=1S/C6H12.H2/c1-6-4-2-3-5-6;/h6H,2-5H2,1H3;1H/i;1+1. The van der Waals surface area contributed by atoms with Crippen molar-refractivity contribution in [1.29, 1.82) is 0 Å². The van der Waals surface area contributed by atoms with Crippen molar-refractivity contribution in [3.63, 3.8) is 0 Å². The summed E-state index contributed by atoms with van der Waals surface area (Å²) >= 11 is 0. The average molecular weight is 87.2 g/mol. The Morgan fingerprint density at radius 2 is 1.83 bits per heavy atom. The molecule has 0 aromatic rings. The first kappa shape index (κ1) is 4.17. The molecule has 0 heteroatoms. The van der Waals surface area contributed by atoms with E-state index in [-0.39, 0.29) is 1.43 Å². The second kappa shape index (κ2) is 1.63. The van der Waals surface area contributed by atoms with Gasteiger partial charge in [0.2, 0.25) is 0 Å². The van der Waals surface area contributed by atoms with E-state index in [1.807, 2.05) is 0 Å². The highest BCUT2D eigenvalue weighted by Crippen LogP contribution is 2.22. The first-order valence-corrected chi connectivity index (χ1v) is 2.89. The first-order valence-electron chi connectivity index (χ1n) is 2.89. The maximum atomic E-state index is 2.34. The summed E-state index contributed by atoms with van der Waals surface area (Å²) in [6.45, 7) is 2.34. The summed E-state index contributed by atoms with van der Waals surface area (Å²) in [7, 11) is 0. The first-order chi connectivity index (χ1) is 2.89. The van der Waals surface area contributed by atoms with Crippen molar-refractivity contribution in [2.45, 2.75) is 32.6 Å². The van der Waals surface area contributed by atoms with Gasteiger partial charge in [0.25, 0.3) is 0 Å². The summed E-state index contributed by atoms with van der Waals surface area (Å²) in [4.78, 5) is 0. The molecule has 0 aliphatic heterocycles. The normalized spacial score (nSPS) is 25.5. The van der Waals surface area contributed by atoms with Crippen molar-refractivity contribution >= 4 is 0 Å². The molecule has 1 aliphatic rings. The van der Waals surface area contributed by atoms with E-state index in [2.05, 4.69) is 6.92 Å². The fourth-order valence-electron chi connectivity index (χ4n) is 1.13. The van der Waals surface area contributed by atoms with Crippen LogP contribution >= 0.6 is 0 Å². The van der Waals surface area contributed by atoms with E-state index in [4.69, 9.17) is 0 Å². The lowest BCUT2D eigenvalue weighted by Gasteiger charge is -1.91. The van der Waals surface area contributed by atoms with Crippen LogP contribution in [0, 0.1) is 5.92 Å². The highest BCUT2D eigenvalue weighted by Gasteiger charge is 2.07. The van der Waals surface area contributed by atoms with E-state index in [1.165, 1.54) is 25.7 Å². The molecule has 0 saturated heterocycles. The smallest absolute Gasteiger partial charge is 0 e. The van der Waals surface area contributed by atoms with Gasteiger partial charge in [0.05, 0.1) is 0 Å². The van der Waals surface area contributed by atoms with Crippen LogP contribution in [0.2, 0.25) is 0 Å². The molecule has 6 heavy (non-hydrogen) atoms. The summed E-state index contributed by atoms with van der Waals surface area (Å²) in [6, 6.07) is 0. The molecule has 0 atom stereocenters. The van der Waals surface area contributed by atoms with Crippen LogP contribution in [-0.2, 0) is 0 Å². The van der Waals surface area contributed by atoms with Gasteiger partial charge in [-0.05, 0) is 5.92 Å². The average Bonchev–Trinajstić information content (AvgIpc) is 1.86. The van der Waals surface area contributed by atoms with Crippen LogP contribution in [0.4, 0.5) is 0 Å². The van der Waals surface area contributed by atoms with Crippen LogP contribution in [0.3, 0.4) is 0 Å². The van der Waals surface area contributed by atoms with Gasteiger partial charge in [-0.15, -0.1) is 0 Å². The Morgan fingerprint density at radius 1 is 1.33 bits per heavy atom. The lowest BCUT2D eigenvalue weighted by molar-refractivity contribution is 0.612. The summed E-state index contributed by atoms with van der Waals surface area (Å²) in [5.74, 6) is 1.05. The van der Waals surface area contributed by atoms with Crippen molar-refractivity contribution in [3.8, 4) is 0 Å². The van der Waals surface area contributed by atoms with Crippen LogP contribution in [0.1, 0.15) is 34.0 Å². The Balaban J connectivity index is 0.000000360. The van der Waals surface area contributed by atoms with Gasteiger partial charge in [0.15, 0.2) is 0 Å². The molecule has 0 radical (unpaired) electrons. The van der Waals surface area contributed by atoms with E-state index >= 15 is 0 Å². The largest absolute Gasteiger partial charge is 0.0625 e. The Morgan fingerprint density at radius 3 is 2.00 bits per heavy atom. The molecule has 0 bridgehead atoms. The molecular formula is C6H14. The predicted molar refractivity (Wildman–Crippen MR) is 29.7 cm³/mol. The maximum Gasteiger partial charge on any atom is 0 e. The molecule has 0 nitrogen and oxygen atoms in total. The molecule has 0 spiro atoms. The van der Waals surface area contributed by atoms with Crippen LogP contribution in [0.15, 0.2) is 0 Å². The van der Waals surface area contributed by atoms with E-state index < -0.39 is 0 Å². The molecule has 1 aliphatic carbocycles. The number of hydrogen-bond donors (Lipinski definition) is 0. The van der Waals surface area contributed by atoms with Gasteiger partial charge < -0.3 is 0 Å². The van der Waals surface area contributed by atoms with E-state index in [0.29, 0.717) is 0 Å². The van der Waals surface area contributed by atoms with Crippen molar-refractivity contribution in [2.24, 2.45) is 5.92 Å². The van der Waals surface area contributed by atoms with Crippen LogP contribution in [0.25, 0.3) is 0 Å². The fourth-order valence-corrected chi connectivity index (χ4v) is 1.13. The molecule has 1 rings (SSSR count). The Bertz CT molecular complexity index is 37.4. The van der Waals surface area contributed by atoms with Crippen LogP contribution in [-0.4, -0.2) is 0 Å². The SMILES string of the molecule is CC1CCCC1.[2HH]. The lowest BCUT2D eigenvalue weighted by Crippen LogP contribution is -1.78. The molecule has 0 unspecified atom stereocenters. The van der Waals surface area contributed by atoms with E-state index in [9.17, 15) is 0 Å². The third-order valence-electron chi connectivity index (χ3n) is 1.64. The second-order valence-electron chi connectivity index (χ2n) is 2.39. The quantitative estimate of drug-likeness (QED) is 0.425. The molecule has 1 saturated carbocycles. The van der Waals surface area contributed by atoms with E-state index in [1.54, 1.807) is 0 Å². The molecule has 0 heterocycles. The summed E-state index contributed by atoms with van der Waals surface area (Å²) in [5.41, 5.74) is 0. The zero-order valence-electron chi connectivity index (χ0n) is 4.41. The highest BCUT2D eigenvalue weighted by molar-refractivity contribution is 4.60. The summed E-state index contributed by atoms with van der Waals surface area (Å²) in [5, 5.41) is 0. The number of hydrogen-bond acceptors (Lipinski definition) is 0.